The van der Waals surface area contributed by atoms with Crippen LogP contribution in [0.1, 0.15) is 51.5 Å². The fraction of sp³-hybridized carbons (Fsp3) is 0.375. The van der Waals surface area contributed by atoms with E-state index in [1.807, 2.05) is 4.90 Å². The Bertz CT molecular complexity index is 1800. The van der Waals surface area contributed by atoms with E-state index in [1.165, 1.54) is 12.4 Å². The highest BCUT2D eigenvalue weighted by Crippen LogP contribution is 2.36. The molecule has 2 aliphatic rings. The third kappa shape index (κ3) is 7.01. The van der Waals surface area contributed by atoms with Gasteiger partial charge >= 0.3 is 0 Å². The lowest BCUT2D eigenvalue weighted by Crippen LogP contribution is -2.52. The summed E-state index contributed by atoms with van der Waals surface area (Å²) in [6.07, 6.45) is 1.50. The van der Waals surface area contributed by atoms with Crippen LogP contribution in [0.5, 0.6) is 0 Å². The SMILES string of the molecule is CN1CCC(C(=O)N2CCN(C(=O)c3ccc(CNC(=O)c4ncc(-c5c(-c6ccc(N)cn6)n[nH]c5C(F)F)[nH]4)cc3Cl)CC2)CC1. The van der Waals surface area contributed by atoms with Crippen LogP contribution in [-0.2, 0) is 11.3 Å². The van der Waals surface area contributed by atoms with Crippen LogP contribution in [0.25, 0.3) is 22.6 Å². The van der Waals surface area contributed by atoms with Crippen LogP contribution in [0, 0.1) is 5.92 Å². The minimum atomic E-state index is -2.88. The maximum absolute atomic E-state index is 13.8. The number of nitrogens with two attached hydrogens (primary N) is 1. The third-order valence-corrected chi connectivity index (χ3v) is 9.08. The Kier molecular flexibility index (Phi) is 9.68. The molecule has 0 atom stereocenters. The van der Waals surface area contributed by atoms with Crippen LogP contribution in [0.15, 0.2) is 42.7 Å². The lowest BCUT2D eigenvalue weighted by molar-refractivity contribution is -0.138. The lowest BCUT2D eigenvalue weighted by Gasteiger charge is -2.38. The lowest BCUT2D eigenvalue weighted by atomic mass is 9.95. The number of halogens is 3. The van der Waals surface area contributed by atoms with Gasteiger partial charge in [-0.2, -0.15) is 5.10 Å². The molecule has 0 radical (unpaired) electrons. The highest BCUT2D eigenvalue weighted by atomic mass is 35.5. The summed E-state index contributed by atoms with van der Waals surface area (Å²) >= 11 is 6.51. The van der Waals surface area contributed by atoms with Crippen molar-refractivity contribution in [1.29, 1.82) is 0 Å². The summed E-state index contributed by atoms with van der Waals surface area (Å²) in [6, 6.07) is 8.04. The summed E-state index contributed by atoms with van der Waals surface area (Å²) in [6.45, 7) is 3.71. The van der Waals surface area contributed by atoms with Gasteiger partial charge in [-0.15, -0.1) is 0 Å². The number of likely N-dealkylation sites (tertiary alicyclic amines) is 1. The number of carbonyl (C=O) groups is 3. The summed E-state index contributed by atoms with van der Waals surface area (Å²) in [5, 5.41) is 9.33. The zero-order valence-corrected chi connectivity index (χ0v) is 26.9. The standard InChI is InChI=1S/C32H35ClF2N10O3/c1-43-8-6-19(7-9-43)31(47)44-10-12-45(13-11-44)32(48)21-4-2-18(14-22(21)33)15-39-30(46)29-38-17-24(40-29)25-26(41-42-27(25)28(34)35)23-5-3-20(36)16-37-23/h2-5,14,16-17,19,28H,6-13,15,36H2,1H3,(H,38,40)(H,39,46)(H,41,42). The molecule has 0 aliphatic carbocycles. The van der Waals surface area contributed by atoms with Crippen LogP contribution >= 0.6 is 11.6 Å². The van der Waals surface area contributed by atoms with Gasteiger partial charge in [0.05, 0.1) is 45.6 Å². The Balaban J connectivity index is 1.06. The molecule has 16 heteroatoms. The van der Waals surface area contributed by atoms with Gasteiger partial charge in [0.15, 0.2) is 5.82 Å². The van der Waals surface area contributed by atoms with Crippen LogP contribution in [0.3, 0.4) is 0 Å². The van der Waals surface area contributed by atoms with E-state index in [1.54, 1.807) is 35.2 Å². The monoisotopic (exact) mass is 680 g/mol. The third-order valence-electron chi connectivity index (χ3n) is 8.77. The number of rotatable bonds is 8. The van der Waals surface area contributed by atoms with Crippen molar-refractivity contribution >= 4 is 35.0 Å². The van der Waals surface area contributed by atoms with Gasteiger partial charge in [0.25, 0.3) is 18.2 Å². The van der Waals surface area contributed by atoms with E-state index in [9.17, 15) is 23.2 Å². The van der Waals surface area contributed by atoms with Crippen LogP contribution in [0.2, 0.25) is 5.02 Å². The Morgan fingerprint density at radius 3 is 2.42 bits per heavy atom. The largest absolute Gasteiger partial charge is 0.397 e. The van der Waals surface area contributed by atoms with Crippen molar-refractivity contribution in [3.63, 3.8) is 0 Å². The van der Waals surface area contributed by atoms with Gasteiger partial charge in [0.1, 0.15) is 11.4 Å². The first-order chi connectivity index (χ1) is 23.1. The number of benzene rings is 1. The number of H-pyrrole nitrogens is 2. The second-order valence-electron chi connectivity index (χ2n) is 12.0. The average molecular weight is 681 g/mol. The van der Waals surface area contributed by atoms with Crippen LogP contribution in [-0.4, -0.2) is 104 Å². The van der Waals surface area contributed by atoms with Crippen LogP contribution < -0.4 is 11.1 Å². The Morgan fingerprint density at radius 2 is 1.75 bits per heavy atom. The maximum atomic E-state index is 13.8. The number of hydrogen-bond donors (Lipinski definition) is 4. The van der Waals surface area contributed by atoms with Crippen molar-refractivity contribution in [1.82, 2.24) is 45.2 Å². The number of amides is 3. The molecule has 3 aromatic heterocycles. The summed E-state index contributed by atoms with van der Waals surface area (Å²) in [5.41, 5.74) is 7.26. The fourth-order valence-corrected chi connectivity index (χ4v) is 6.29. The maximum Gasteiger partial charge on any atom is 0.287 e. The molecule has 0 bridgehead atoms. The molecule has 5 heterocycles. The molecule has 2 saturated heterocycles. The number of carbonyl (C=O) groups excluding carboxylic acids is 3. The number of nitrogen functional groups attached to an aromatic ring is 1. The second kappa shape index (κ2) is 14.1. The Labute approximate surface area is 279 Å². The van der Waals surface area contributed by atoms with Gasteiger partial charge in [0, 0.05) is 38.6 Å². The normalized spacial score (nSPS) is 16.0. The van der Waals surface area contributed by atoms with E-state index in [-0.39, 0.29) is 52.1 Å². The van der Waals surface area contributed by atoms with E-state index in [0.29, 0.717) is 48.7 Å². The number of nitrogens with one attached hydrogen (secondary N) is 3. The van der Waals surface area contributed by atoms with E-state index in [2.05, 4.69) is 42.4 Å². The molecule has 13 nitrogen and oxygen atoms in total. The number of piperazine rings is 1. The molecule has 0 saturated carbocycles. The predicted molar refractivity (Wildman–Crippen MR) is 174 cm³/mol. The topological polar surface area (TPSA) is 169 Å². The zero-order valence-electron chi connectivity index (χ0n) is 26.2. The number of aromatic nitrogens is 5. The van der Waals surface area contributed by atoms with Crippen molar-refractivity contribution in [2.45, 2.75) is 25.8 Å². The quantitative estimate of drug-likeness (QED) is 0.219. The van der Waals surface area contributed by atoms with Gasteiger partial charge in [-0.05, 0) is 62.8 Å². The predicted octanol–water partition coefficient (Wildman–Crippen LogP) is 3.59. The summed E-state index contributed by atoms with van der Waals surface area (Å²) < 4.78 is 27.7. The number of pyridine rings is 1. The van der Waals surface area contributed by atoms with Gasteiger partial charge in [-0.1, -0.05) is 17.7 Å². The fourth-order valence-electron chi connectivity index (χ4n) is 6.00. The smallest absolute Gasteiger partial charge is 0.287 e. The number of alkyl halides is 2. The molecule has 2 aliphatic heterocycles. The van der Waals surface area contributed by atoms with Gasteiger partial charge in [-0.25, -0.2) is 13.8 Å². The van der Waals surface area contributed by atoms with Gasteiger partial charge in [0.2, 0.25) is 5.91 Å². The average Bonchev–Trinajstić information content (AvgIpc) is 3.76. The zero-order chi connectivity index (χ0) is 33.9. The molecule has 6 rings (SSSR count). The summed E-state index contributed by atoms with van der Waals surface area (Å²) in [7, 11) is 2.06. The first kappa shape index (κ1) is 33.0. The minimum absolute atomic E-state index is 0.0334. The number of anilines is 1. The molecule has 3 amide bonds. The molecular weight excluding hydrogens is 646 g/mol. The molecule has 252 valence electrons. The van der Waals surface area contributed by atoms with Crippen molar-refractivity contribution < 1.29 is 23.2 Å². The van der Waals surface area contributed by atoms with E-state index in [0.717, 1.165) is 25.9 Å². The Morgan fingerprint density at radius 1 is 1.02 bits per heavy atom. The molecular formula is C32H35ClF2N10O3. The van der Waals surface area contributed by atoms with Crippen molar-refractivity contribution in [3.8, 4) is 22.6 Å². The molecule has 0 spiro atoms. The minimum Gasteiger partial charge on any atom is -0.397 e. The van der Waals surface area contributed by atoms with E-state index in [4.69, 9.17) is 17.3 Å². The van der Waals surface area contributed by atoms with Crippen molar-refractivity contribution in [2.75, 3.05) is 52.0 Å². The number of hydrogen-bond acceptors (Lipinski definition) is 8. The summed E-state index contributed by atoms with van der Waals surface area (Å²) in [4.78, 5) is 56.0. The highest BCUT2D eigenvalue weighted by molar-refractivity contribution is 6.33. The van der Waals surface area contributed by atoms with Gasteiger partial charge < -0.3 is 30.7 Å². The Hall–Kier alpha value is -4.89. The van der Waals surface area contributed by atoms with Crippen molar-refractivity contribution in [2.24, 2.45) is 5.92 Å². The van der Waals surface area contributed by atoms with E-state index < -0.39 is 18.0 Å². The number of imidazole rings is 1. The summed E-state index contributed by atoms with van der Waals surface area (Å²) in [5.74, 6) is -0.694. The number of aromatic amines is 2. The second-order valence-corrected chi connectivity index (χ2v) is 12.4. The molecule has 1 aromatic carbocycles. The van der Waals surface area contributed by atoms with E-state index >= 15 is 0 Å². The van der Waals surface area contributed by atoms with Crippen molar-refractivity contribution in [3.05, 3.63) is 70.4 Å². The molecule has 4 aromatic rings. The molecule has 5 N–H and O–H groups in total. The molecule has 0 unspecified atom stereocenters. The highest BCUT2D eigenvalue weighted by Gasteiger charge is 2.31. The molecule has 2 fully saturated rings. The first-order valence-electron chi connectivity index (χ1n) is 15.6. The number of piperidine rings is 1. The molecule has 48 heavy (non-hydrogen) atoms. The van der Waals surface area contributed by atoms with Crippen LogP contribution in [0.4, 0.5) is 14.5 Å². The first-order valence-corrected chi connectivity index (χ1v) is 15.9. The van der Waals surface area contributed by atoms with Gasteiger partial charge in [-0.3, -0.25) is 24.5 Å². The number of nitrogens with zero attached hydrogens (tertiary/aromatic N) is 6.